The maximum absolute atomic E-state index is 12.6. The van der Waals surface area contributed by atoms with Crippen molar-refractivity contribution in [2.75, 3.05) is 0 Å². The monoisotopic (exact) mass is 227 g/mol. The molecule has 0 radical (unpaired) electrons. The number of halogens is 1. The minimum atomic E-state index is -1.10. The number of furan rings is 1. The standard InChI is InChI=1S/C9H6FNO3S/c1-4-7(5-2-3-6(10)14-5)15-8(11-4)9(12)13/h2-3H,1H3,(H,12,13). The molecule has 2 rings (SSSR count). The van der Waals surface area contributed by atoms with Gasteiger partial charge in [0.2, 0.25) is 5.01 Å². The smallest absolute Gasteiger partial charge is 0.365 e. The number of hydrogen-bond acceptors (Lipinski definition) is 4. The zero-order valence-corrected chi connectivity index (χ0v) is 8.47. The summed E-state index contributed by atoms with van der Waals surface area (Å²) in [6, 6.07) is 1.92. The fourth-order valence-electron chi connectivity index (χ4n) is 1.15. The summed E-state index contributed by atoms with van der Waals surface area (Å²) in [5, 5.41) is 8.69. The number of aromatic nitrogens is 1. The van der Waals surface area contributed by atoms with Gasteiger partial charge in [0, 0.05) is 6.07 Å². The molecule has 0 saturated heterocycles. The summed E-state index contributed by atoms with van der Waals surface area (Å²) in [6.07, 6.45) is 0. The van der Waals surface area contributed by atoms with E-state index in [0.717, 1.165) is 11.3 Å². The van der Waals surface area contributed by atoms with Crippen molar-refractivity contribution in [3.63, 3.8) is 0 Å². The van der Waals surface area contributed by atoms with E-state index in [9.17, 15) is 9.18 Å². The van der Waals surface area contributed by atoms with Crippen molar-refractivity contribution < 1.29 is 18.7 Å². The first-order valence-electron chi connectivity index (χ1n) is 4.04. The highest BCUT2D eigenvalue weighted by molar-refractivity contribution is 7.17. The number of hydrogen-bond donors (Lipinski definition) is 1. The molecule has 0 aliphatic rings. The Labute approximate surface area is 88.0 Å². The topological polar surface area (TPSA) is 63.3 Å². The molecule has 4 nitrogen and oxygen atoms in total. The Balaban J connectivity index is 2.49. The predicted molar refractivity (Wildman–Crippen MR) is 51.5 cm³/mol. The Hall–Kier alpha value is -1.69. The molecule has 0 saturated carbocycles. The van der Waals surface area contributed by atoms with Crippen LogP contribution >= 0.6 is 11.3 Å². The zero-order chi connectivity index (χ0) is 11.0. The maximum atomic E-state index is 12.6. The normalized spacial score (nSPS) is 10.5. The van der Waals surface area contributed by atoms with Crippen LogP contribution in [0.1, 0.15) is 15.5 Å². The fourth-order valence-corrected chi connectivity index (χ4v) is 2.02. The van der Waals surface area contributed by atoms with E-state index < -0.39 is 12.0 Å². The van der Waals surface area contributed by atoms with Gasteiger partial charge in [-0.3, -0.25) is 0 Å². The minimum Gasteiger partial charge on any atom is -0.476 e. The van der Waals surface area contributed by atoms with Gasteiger partial charge in [0.05, 0.1) is 10.6 Å². The van der Waals surface area contributed by atoms with Gasteiger partial charge in [-0.15, -0.1) is 11.3 Å². The number of aromatic carboxylic acids is 1. The predicted octanol–water partition coefficient (Wildman–Crippen LogP) is 2.55. The molecule has 0 aliphatic carbocycles. The maximum Gasteiger partial charge on any atom is 0.365 e. The van der Waals surface area contributed by atoms with Crippen molar-refractivity contribution in [1.29, 1.82) is 0 Å². The van der Waals surface area contributed by atoms with Gasteiger partial charge in [0.1, 0.15) is 5.76 Å². The van der Waals surface area contributed by atoms with Crippen molar-refractivity contribution in [2.24, 2.45) is 0 Å². The van der Waals surface area contributed by atoms with Crippen molar-refractivity contribution in [2.45, 2.75) is 6.92 Å². The Morgan fingerprint density at radius 1 is 1.60 bits per heavy atom. The first kappa shape index (κ1) is 9.85. The molecule has 0 amide bonds. The van der Waals surface area contributed by atoms with Gasteiger partial charge >= 0.3 is 5.97 Å². The summed E-state index contributed by atoms with van der Waals surface area (Å²) in [5.74, 6) is -0.795. The van der Waals surface area contributed by atoms with Crippen LogP contribution in [0.3, 0.4) is 0 Å². The average molecular weight is 227 g/mol. The Morgan fingerprint density at radius 2 is 2.33 bits per heavy atom. The van der Waals surface area contributed by atoms with Crippen molar-refractivity contribution in [3.8, 4) is 10.6 Å². The van der Waals surface area contributed by atoms with Crippen LogP contribution in [-0.2, 0) is 0 Å². The molecule has 15 heavy (non-hydrogen) atoms. The molecule has 6 heteroatoms. The molecule has 1 N–H and O–H groups in total. The minimum absolute atomic E-state index is 0.0284. The second-order valence-electron chi connectivity index (χ2n) is 2.84. The highest BCUT2D eigenvalue weighted by Gasteiger charge is 2.16. The lowest BCUT2D eigenvalue weighted by Gasteiger charge is -1.89. The molecule has 2 aromatic rings. The van der Waals surface area contributed by atoms with Gasteiger partial charge in [-0.05, 0) is 13.0 Å². The second kappa shape index (κ2) is 3.47. The lowest BCUT2D eigenvalue weighted by Crippen LogP contribution is -1.93. The molecule has 78 valence electrons. The third-order valence-corrected chi connectivity index (χ3v) is 2.94. The van der Waals surface area contributed by atoms with E-state index in [4.69, 9.17) is 9.52 Å². The van der Waals surface area contributed by atoms with Crippen LogP contribution in [0, 0.1) is 12.9 Å². The van der Waals surface area contributed by atoms with Gasteiger partial charge in [-0.25, -0.2) is 9.78 Å². The lowest BCUT2D eigenvalue weighted by atomic mass is 10.3. The molecule has 0 bridgehead atoms. The van der Waals surface area contributed by atoms with Gasteiger partial charge < -0.3 is 9.52 Å². The van der Waals surface area contributed by atoms with Gasteiger partial charge in [-0.2, -0.15) is 4.39 Å². The SMILES string of the molecule is Cc1nc(C(=O)O)sc1-c1ccc(F)o1. The first-order valence-corrected chi connectivity index (χ1v) is 4.86. The molecular formula is C9H6FNO3S. The third-order valence-electron chi connectivity index (χ3n) is 1.78. The first-order chi connectivity index (χ1) is 7.08. The molecule has 0 aromatic carbocycles. The highest BCUT2D eigenvalue weighted by Crippen LogP contribution is 2.30. The number of carbonyl (C=O) groups is 1. The number of rotatable bonds is 2. The van der Waals surface area contributed by atoms with Gasteiger partial charge in [-0.1, -0.05) is 0 Å². The lowest BCUT2D eigenvalue weighted by molar-refractivity contribution is 0.0696. The number of carboxylic acids is 1. The van der Waals surface area contributed by atoms with E-state index in [1.807, 2.05) is 0 Å². The number of nitrogens with zero attached hydrogens (tertiary/aromatic N) is 1. The highest BCUT2D eigenvalue weighted by atomic mass is 32.1. The van der Waals surface area contributed by atoms with E-state index in [-0.39, 0.29) is 5.01 Å². The Kier molecular flexibility index (Phi) is 2.28. The van der Waals surface area contributed by atoms with Crippen LogP contribution < -0.4 is 0 Å². The van der Waals surface area contributed by atoms with Crippen LogP contribution in [0.2, 0.25) is 0 Å². The largest absolute Gasteiger partial charge is 0.476 e. The quantitative estimate of drug-likeness (QED) is 0.856. The summed E-state index contributed by atoms with van der Waals surface area (Å²) < 4.78 is 17.4. The van der Waals surface area contributed by atoms with E-state index in [1.165, 1.54) is 12.1 Å². The number of aryl methyl sites for hydroxylation is 1. The van der Waals surface area contributed by atoms with Crippen LogP contribution in [0.15, 0.2) is 16.5 Å². The summed E-state index contributed by atoms with van der Waals surface area (Å²) in [6.45, 7) is 1.65. The van der Waals surface area contributed by atoms with Crippen LogP contribution in [0.25, 0.3) is 10.6 Å². The Morgan fingerprint density at radius 3 is 2.80 bits per heavy atom. The van der Waals surface area contributed by atoms with Crippen LogP contribution in [0.4, 0.5) is 4.39 Å². The molecule has 2 aromatic heterocycles. The van der Waals surface area contributed by atoms with E-state index in [0.29, 0.717) is 16.3 Å². The molecule has 0 spiro atoms. The summed E-state index contributed by atoms with van der Waals surface area (Å²) >= 11 is 0.963. The number of thiazole rings is 1. The number of carboxylic acid groups (broad SMARTS) is 1. The molecule has 2 heterocycles. The molecule has 0 aliphatic heterocycles. The molecule has 0 atom stereocenters. The Bertz CT molecular complexity index is 517. The summed E-state index contributed by atoms with van der Waals surface area (Å²) in [5.41, 5.74) is 0.520. The third kappa shape index (κ3) is 1.75. The average Bonchev–Trinajstić information content (AvgIpc) is 2.71. The zero-order valence-electron chi connectivity index (χ0n) is 7.65. The molecule has 0 fully saturated rings. The summed E-state index contributed by atoms with van der Waals surface area (Å²) in [4.78, 5) is 15.0. The van der Waals surface area contributed by atoms with E-state index in [1.54, 1.807) is 6.92 Å². The van der Waals surface area contributed by atoms with Crippen molar-refractivity contribution in [3.05, 3.63) is 28.8 Å². The van der Waals surface area contributed by atoms with Crippen molar-refractivity contribution in [1.82, 2.24) is 4.98 Å². The van der Waals surface area contributed by atoms with Crippen LogP contribution in [-0.4, -0.2) is 16.1 Å². The summed E-state index contributed by atoms with van der Waals surface area (Å²) in [7, 11) is 0. The molecular weight excluding hydrogens is 221 g/mol. The van der Waals surface area contributed by atoms with Crippen LogP contribution in [0.5, 0.6) is 0 Å². The van der Waals surface area contributed by atoms with Gasteiger partial charge in [0.15, 0.2) is 0 Å². The van der Waals surface area contributed by atoms with Gasteiger partial charge in [0.25, 0.3) is 6.01 Å². The molecule has 0 unspecified atom stereocenters. The van der Waals surface area contributed by atoms with Crippen molar-refractivity contribution >= 4 is 17.3 Å². The van der Waals surface area contributed by atoms with E-state index >= 15 is 0 Å². The fraction of sp³-hybridized carbons (Fsp3) is 0.111. The second-order valence-corrected chi connectivity index (χ2v) is 3.84. The van der Waals surface area contributed by atoms with E-state index in [2.05, 4.69) is 4.98 Å².